The smallest absolute Gasteiger partial charge is 0.342 e. The molecule has 7 nitrogen and oxygen atoms in total. The van der Waals surface area contributed by atoms with Gasteiger partial charge in [0.2, 0.25) is 0 Å². The molecule has 2 aliphatic heterocycles. The molecule has 3 rings (SSSR count). The van der Waals surface area contributed by atoms with Crippen molar-refractivity contribution in [3.8, 4) is 11.5 Å². The Labute approximate surface area is 189 Å². The lowest BCUT2D eigenvalue weighted by atomic mass is 9.94. The maximum atomic E-state index is 13.1. The molecule has 1 N–H and O–H groups in total. The molecule has 0 aromatic heterocycles. The van der Waals surface area contributed by atoms with E-state index < -0.39 is 11.8 Å². The van der Waals surface area contributed by atoms with E-state index in [0.29, 0.717) is 12.0 Å². The van der Waals surface area contributed by atoms with Gasteiger partial charge in [0.25, 0.3) is 0 Å². The molecule has 7 heteroatoms. The molecule has 2 aliphatic rings. The summed E-state index contributed by atoms with van der Waals surface area (Å²) in [6.07, 6.45) is 7.81. The Kier molecular flexibility index (Phi) is 7.64. The van der Waals surface area contributed by atoms with Crippen LogP contribution in [0.2, 0.25) is 0 Å². The number of methoxy groups -OCH3 is 1. The summed E-state index contributed by atoms with van der Waals surface area (Å²) in [4.78, 5) is 13.1. The van der Waals surface area contributed by atoms with Crippen LogP contribution in [0.4, 0.5) is 0 Å². The number of cyclic esters (lactones) is 1. The van der Waals surface area contributed by atoms with Gasteiger partial charge in [0, 0.05) is 25.0 Å². The van der Waals surface area contributed by atoms with E-state index in [1.165, 1.54) is 19.2 Å². The van der Waals surface area contributed by atoms with Crippen molar-refractivity contribution in [2.45, 2.75) is 65.1 Å². The molecular formula is C25H34O7. The molecule has 2 heterocycles. The van der Waals surface area contributed by atoms with Gasteiger partial charge in [-0.05, 0) is 38.8 Å². The van der Waals surface area contributed by atoms with Crippen LogP contribution in [-0.4, -0.2) is 49.1 Å². The molecule has 176 valence electrons. The fourth-order valence-corrected chi connectivity index (χ4v) is 3.98. The van der Waals surface area contributed by atoms with Crippen molar-refractivity contribution in [3.05, 3.63) is 41.5 Å². The van der Waals surface area contributed by atoms with E-state index in [1.54, 1.807) is 6.08 Å². The first-order valence-corrected chi connectivity index (χ1v) is 11.0. The average Bonchev–Trinajstić information content (AvgIpc) is 3.03. The summed E-state index contributed by atoms with van der Waals surface area (Å²) in [6.45, 7) is 9.72. The van der Waals surface area contributed by atoms with Gasteiger partial charge in [-0.1, -0.05) is 38.2 Å². The SMILES string of the molecule is COCOc1cc(O)cc2c1C(=O)O[C@@H](C)C(C)/C=C\C(C)[C@H]1OC(C)(C)O[C@H]1CC=C2. The molecular weight excluding hydrogens is 412 g/mol. The highest BCUT2D eigenvalue weighted by molar-refractivity contribution is 5.97. The predicted octanol–water partition coefficient (Wildman–Crippen LogP) is 4.69. The number of aromatic hydroxyl groups is 1. The van der Waals surface area contributed by atoms with E-state index in [4.69, 9.17) is 23.7 Å². The third-order valence-corrected chi connectivity index (χ3v) is 5.81. The van der Waals surface area contributed by atoms with Crippen LogP contribution < -0.4 is 4.74 Å². The second-order valence-electron chi connectivity index (χ2n) is 8.95. The van der Waals surface area contributed by atoms with Gasteiger partial charge in [-0.2, -0.15) is 0 Å². The first-order chi connectivity index (χ1) is 15.1. The third-order valence-electron chi connectivity index (χ3n) is 5.81. The van der Waals surface area contributed by atoms with Crippen LogP contribution in [-0.2, 0) is 18.9 Å². The standard InChI is InChI=1S/C25H34O7/c1-15-10-11-16(2)23-20(31-25(4,5)32-23)9-7-8-18-12-19(26)13-21(29-14-28-6)22(18)24(27)30-17(15)3/h7-8,10-13,15-17,20,23,26H,9,14H2,1-6H3/b8-7?,11-10-/t15?,16?,17-,20-,23+/m0/s1. The van der Waals surface area contributed by atoms with Crippen LogP contribution in [0.25, 0.3) is 6.08 Å². The third kappa shape index (κ3) is 5.71. The van der Waals surface area contributed by atoms with Gasteiger partial charge in [-0.3, -0.25) is 0 Å². The molecule has 1 fully saturated rings. The number of rotatable bonds is 3. The van der Waals surface area contributed by atoms with Crippen molar-refractivity contribution in [1.29, 1.82) is 0 Å². The molecule has 0 amide bonds. The van der Waals surface area contributed by atoms with Crippen molar-refractivity contribution in [2.75, 3.05) is 13.9 Å². The molecule has 5 atom stereocenters. The zero-order valence-electron chi connectivity index (χ0n) is 19.7. The monoisotopic (exact) mass is 446 g/mol. The Morgan fingerprint density at radius 2 is 1.84 bits per heavy atom. The van der Waals surface area contributed by atoms with E-state index in [9.17, 15) is 9.90 Å². The largest absolute Gasteiger partial charge is 0.508 e. The average molecular weight is 447 g/mol. The lowest BCUT2D eigenvalue weighted by molar-refractivity contribution is -0.148. The lowest BCUT2D eigenvalue weighted by Crippen LogP contribution is -2.29. The minimum atomic E-state index is -0.672. The van der Waals surface area contributed by atoms with Gasteiger partial charge >= 0.3 is 5.97 Å². The van der Waals surface area contributed by atoms with Crippen LogP contribution in [0.1, 0.15) is 57.0 Å². The number of benzene rings is 1. The number of hydrogen-bond acceptors (Lipinski definition) is 7. The Morgan fingerprint density at radius 3 is 2.56 bits per heavy atom. The fourth-order valence-electron chi connectivity index (χ4n) is 3.98. The zero-order valence-corrected chi connectivity index (χ0v) is 19.7. The van der Waals surface area contributed by atoms with Crippen molar-refractivity contribution in [3.63, 3.8) is 0 Å². The van der Waals surface area contributed by atoms with Gasteiger partial charge < -0.3 is 28.8 Å². The first-order valence-electron chi connectivity index (χ1n) is 11.0. The molecule has 1 aromatic carbocycles. The molecule has 32 heavy (non-hydrogen) atoms. The number of esters is 1. The van der Waals surface area contributed by atoms with Crippen molar-refractivity contribution in [1.82, 2.24) is 0 Å². The second kappa shape index (κ2) is 10.1. The quantitative estimate of drug-likeness (QED) is 0.410. The number of phenolic OH excluding ortho intramolecular Hbond substituents is 1. The van der Waals surface area contributed by atoms with Crippen LogP contribution in [0, 0.1) is 11.8 Å². The zero-order chi connectivity index (χ0) is 23.5. The van der Waals surface area contributed by atoms with Gasteiger partial charge in [-0.25, -0.2) is 4.79 Å². The highest BCUT2D eigenvalue weighted by Gasteiger charge is 2.42. The van der Waals surface area contributed by atoms with E-state index in [-0.39, 0.29) is 54.0 Å². The second-order valence-corrected chi connectivity index (χ2v) is 8.95. The Balaban J connectivity index is 2.04. The van der Waals surface area contributed by atoms with Crippen LogP contribution >= 0.6 is 0 Å². The van der Waals surface area contributed by atoms with Crippen LogP contribution in [0.5, 0.6) is 11.5 Å². The number of fused-ring (bicyclic) bond motifs is 2. The fraction of sp³-hybridized carbons (Fsp3) is 0.560. The van der Waals surface area contributed by atoms with E-state index in [2.05, 4.69) is 19.1 Å². The first kappa shape index (κ1) is 24.3. The van der Waals surface area contributed by atoms with Gasteiger partial charge in [0.15, 0.2) is 12.6 Å². The molecule has 2 unspecified atom stereocenters. The highest BCUT2D eigenvalue weighted by atomic mass is 16.8. The summed E-state index contributed by atoms with van der Waals surface area (Å²) in [5.74, 6) is -0.911. The predicted molar refractivity (Wildman–Crippen MR) is 120 cm³/mol. The molecule has 0 bridgehead atoms. The van der Waals surface area contributed by atoms with Crippen LogP contribution in [0.3, 0.4) is 0 Å². The molecule has 0 spiro atoms. The Hall–Kier alpha value is -2.35. The summed E-state index contributed by atoms with van der Waals surface area (Å²) in [5, 5.41) is 10.2. The summed E-state index contributed by atoms with van der Waals surface area (Å²) < 4.78 is 28.7. The maximum Gasteiger partial charge on any atom is 0.342 e. The number of phenols is 1. The van der Waals surface area contributed by atoms with E-state index in [0.717, 1.165) is 0 Å². The summed E-state index contributed by atoms with van der Waals surface area (Å²) in [5.41, 5.74) is 0.737. The van der Waals surface area contributed by atoms with Gasteiger partial charge in [0.1, 0.15) is 23.2 Å². The molecule has 0 aliphatic carbocycles. The lowest BCUT2D eigenvalue weighted by Gasteiger charge is -2.23. The molecule has 0 radical (unpaired) electrons. The topological polar surface area (TPSA) is 83.5 Å². The molecule has 0 saturated carbocycles. The van der Waals surface area contributed by atoms with E-state index >= 15 is 0 Å². The van der Waals surface area contributed by atoms with Crippen molar-refractivity contribution >= 4 is 12.0 Å². The minimum absolute atomic E-state index is 0.0161. The Morgan fingerprint density at radius 1 is 1.12 bits per heavy atom. The van der Waals surface area contributed by atoms with Crippen LogP contribution in [0.15, 0.2) is 30.4 Å². The maximum absolute atomic E-state index is 13.1. The molecule has 1 saturated heterocycles. The van der Waals surface area contributed by atoms with E-state index in [1.807, 2.05) is 33.8 Å². The Bertz CT molecular complexity index is 873. The van der Waals surface area contributed by atoms with Gasteiger partial charge in [-0.15, -0.1) is 0 Å². The van der Waals surface area contributed by atoms with Crippen molar-refractivity contribution < 1.29 is 33.6 Å². The normalized spacial score (nSPS) is 31.2. The summed E-state index contributed by atoms with van der Waals surface area (Å²) in [7, 11) is 1.48. The molecule has 1 aromatic rings. The highest BCUT2D eigenvalue weighted by Crippen LogP contribution is 2.36. The number of carbonyl (C=O) groups excluding carboxylic acids is 1. The van der Waals surface area contributed by atoms with Crippen molar-refractivity contribution in [2.24, 2.45) is 11.8 Å². The number of hydrogen-bond donors (Lipinski definition) is 1. The summed E-state index contributed by atoms with van der Waals surface area (Å²) in [6, 6.07) is 2.90. The number of carbonyl (C=O) groups is 1. The minimum Gasteiger partial charge on any atom is -0.508 e. The van der Waals surface area contributed by atoms with Gasteiger partial charge in [0.05, 0.1) is 12.2 Å². The number of ether oxygens (including phenoxy) is 5. The summed E-state index contributed by atoms with van der Waals surface area (Å²) >= 11 is 0.